The Kier molecular flexibility index (Phi) is 13.2. The first-order chi connectivity index (χ1) is 15.3. The Hall–Kier alpha value is -3.95. The van der Waals surface area contributed by atoms with Gasteiger partial charge in [-0.1, -0.05) is 0 Å². The summed E-state index contributed by atoms with van der Waals surface area (Å²) in [5.74, 6) is -6.37. The van der Waals surface area contributed by atoms with Gasteiger partial charge in [-0.2, -0.15) is 0 Å². The van der Waals surface area contributed by atoms with E-state index in [0.717, 1.165) is 0 Å². The number of carboxylic acid groups (broad SMARTS) is 2. The highest BCUT2D eigenvalue weighted by molar-refractivity contribution is 5.95. The lowest BCUT2D eigenvalue weighted by Crippen LogP contribution is -2.54. The highest BCUT2D eigenvalue weighted by Crippen LogP contribution is 2.00. The Balaban J connectivity index is 4.82. The molecule has 3 unspecified atom stereocenters. The van der Waals surface area contributed by atoms with E-state index >= 15 is 0 Å². The fraction of sp³-hybridized carbons (Fsp3) is 0.588. The van der Waals surface area contributed by atoms with Gasteiger partial charge in [0.2, 0.25) is 23.6 Å². The molecule has 0 rings (SSSR count). The molecule has 0 aliphatic heterocycles. The van der Waals surface area contributed by atoms with Crippen molar-refractivity contribution in [2.24, 2.45) is 27.9 Å². The number of carboxylic acids is 2. The normalized spacial score (nSPS) is 13.0. The lowest BCUT2D eigenvalue weighted by atomic mass is 10.1. The first-order valence-electron chi connectivity index (χ1n) is 9.74. The second-order valence-electron chi connectivity index (χ2n) is 6.90. The maximum absolute atomic E-state index is 12.3. The summed E-state index contributed by atoms with van der Waals surface area (Å²) < 4.78 is 0. The lowest BCUT2D eigenvalue weighted by Gasteiger charge is -2.20. The van der Waals surface area contributed by atoms with Gasteiger partial charge < -0.3 is 49.1 Å². The van der Waals surface area contributed by atoms with Crippen LogP contribution in [0, 0.1) is 0 Å². The van der Waals surface area contributed by atoms with E-state index in [1.807, 2.05) is 0 Å². The molecule has 13 N–H and O–H groups in total. The number of primary amides is 1. The molecule has 33 heavy (non-hydrogen) atoms. The third kappa shape index (κ3) is 13.9. The van der Waals surface area contributed by atoms with Crippen molar-refractivity contribution in [1.29, 1.82) is 0 Å². The second kappa shape index (κ2) is 15.0. The van der Waals surface area contributed by atoms with Gasteiger partial charge in [0, 0.05) is 13.0 Å². The molecule has 0 aromatic rings. The number of nitrogens with zero attached hydrogens (tertiary/aromatic N) is 1. The number of amides is 4. The molecule has 0 spiro atoms. The maximum atomic E-state index is 12.3. The lowest BCUT2D eigenvalue weighted by molar-refractivity contribution is -0.143. The number of aliphatic imine (C=N–C) groups is 1. The van der Waals surface area contributed by atoms with E-state index in [4.69, 9.17) is 33.1 Å². The molecule has 0 aliphatic carbocycles. The van der Waals surface area contributed by atoms with Crippen LogP contribution in [0.1, 0.15) is 32.1 Å². The largest absolute Gasteiger partial charge is 0.481 e. The van der Waals surface area contributed by atoms with Gasteiger partial charge in [0.1, 0.15) is 12.1 Å². The topological polar surface area (TPSA) is 295 Å². The zero-order valence-electron chi connectivity index (χ0n) is 17.8. The number of aliphatic carboxylic acids is 2. The van der Waals surface area contributed by atoms with Gasteiger partial charge in [0.05, 0.1) is 19.0 Å². The highest BCUT2D eigenvalue weighted by Gasteiger charge is 2.26. The molecule has 0 aromatic carbocycles. The minimum absolute atomic E-state index is 0.119. The maximum Gasteiger partial charge on any atom is 0.326 e. The summed E-state index contributed by atoms with van der Waals surface area (Å²) in [6, 6.07) is -3.96. The third-order valence-electron chi connectivity index (χ3n) is 4.05. The summed E-state index contributed by atoms with van der Waals surface area (Å²) >= 11 is 0. The SMILES string of the molecule is NC(=O)CC(NC(=O)C(N)CCCN=C(N)N)C(=O)NCC(=O)NC(CCC(=O)O)C(=O)O. The van der Waals surface area contributed by atoms with Crippen LogP contribution in [0.25, 0.3) is 0 Å². The average molecular weight is 474 g/mol. The number of nitrogens with two attached hydrogens (primary N) is 4. The Morgan fingerprint density at radius 1 is 0.879 bits per heavy atom. The summed E-state index contributed by atoms with van der Waals surface area (Å²) in [6.07, 6.45) is -0.917. The number of carbonyl (C=O) groups is 6. The number of hydrogen-bond acceptors (Lipinski definition) is 8. The van der Waals surface area contributed by atoms with Crippen LogP contribution in [0.4, 0.5) is 0 Å². The minimum Gasteiger partial charge on any atom is -0.481 e. The molecular weight excluding hydrogens is 444 g/mol. The van der Waals surface area contributed by atoms with Crippen molar-refractivity contribution in [2.45, 2.75) is 50.2 Å². The molecule has 0 heterocycles. The number of hydrogen-bond donors (Lipinski definition) is 9. The molecular formula is C17H30N8O8. The second-order valence-corrected chi connectivity index (χ2v) is 6.90. The quantitative estimate of drug-likeness (QED) is 0.0581. The molecule has 3 atom stereocenters. The average Bonchev–Trinajstić information content (AvgIpc) is 2.70. The zero-order chi connectivity index (χ0) is 25.6. The Morgan fingerprint density at radius 3 is 2.03 bits per heavy atom. The van der Waals surface area contributed by atoms with Gasteiger partial charge in [0.15, 0.2) is 5.96 Å². The van der Waals surface area contributed by atoms with Gasteiger partial charge in [-0.25, -0.2) is 4.79 Å². The van der Waals surface area contributed by atoms with Crippen molar-refractivity contribution in [3.05, 3.63) is 0 Å². The minimum atomic E-state index is -1.48. The fourth-order valence-corrected chi connectivity index (χ4v) is 2.40. The molecule has 0 radical (unpaired) electrons. The third-order valence-corrected chi connectivity index (χ3v) is 4.05. The van der Waals surface area contributed by atoms with Crippen molar-refractivity contribution >= 4 is 41.5 Å². The standard InChI is InChI=1S/C17H30N8O8/c18-8(2-1-5-22-17(20)21)14(30)25-10(6-11(19)26)15(31)23-7-12(27)24-9(16(32)33)3-4-13(28)29/h8-10H,1-7,18H2,(H2,19,26)(H,23,31)(H,24,27)(H,25,30)(H,28,29)(H,32,33)(H4,20,21,22). The molecule has 0 aromatic heterocycles. The number of rotatable bonds is 16. The Morgan fingerprint density at radius 2 is 1.52 bits per heavy atom. The summed E-state index contributed by atoms with van der Waals surface area (Å²) in [4.78, 5) is 73.1. The van der Waals surface area contributed by atoms with E-state index in [-0.39, 0.29) is 25.3 Å². The fourth-order valence-electron chi connectivity index (χ4n) is 2.40. The molecule has 0 saturated heterocycles. The van der Waals surface area contributed by atoms with Crippen molar-refractivity contribution < 1.29 is 39.0 Å². The van der Waals surface area contributed by atoms with Crippen molar-refractivity contribution in [3.8, 4) is 0 Å². The smallest absolute Gasteiger partial charge is 0.326 e. The van der Waals surface area contributed by atoms with E-state index < -0.39 is 73.1 Å². The first kappa shape index (κ1) is 29.0. The first-order valence-corrected chi connectivity index (χ1v) is 9.74. The number of carbonyl (C=O) groups excluding carboxylic acids is 4. The van der Waals surface area contributed by atoms with Crippen LogP contribution in [-0.4, -0.2) is 83.0 Å². The molecule has 0 bridgehead atoms. The van der Waals surface area contributed by atoms with E-state index in [2.05, 4.69) is 20.9 Å². The molecule has 186 valence electrons. The summed E-state index contributed by atoms with van der Waals surface area (Å²) in [7, 11) is 0. The monoisotopic (exact) mass is 474 g/mol. The van der Waals surface area contributed by atoms with Gasteiger partial charge in [0.25, 0.3) is 0 Å². The Bertz CT molecular complexity index is 768. The summed E-state index contributed by atoms with van der Waals surface area (Å²) in [6.45, 7) is -0.473. The van der Waals surface area contributed by atoms with Gasteiger partial charge in [-0.3, -0.25) is 29.0 Å². The van der Waals surface area contributed by atoms with Crippen LogP contribution in [0.5, 0.6) is 0 Å². The van der Waals surface area contributed by atoms with Gasteiger partial charge >= 0.3 is 11.9 Å². The summed E-state index contributed by atoms with van der Waals surface area (Å²) in [5.41, 5.74) is 21.2. The van der Waals surface area contributed by atoms with E-state index in [1.165, 1.54) is 0 Å². The molecule has 0 saturated carbocycles. The van der Waals surface area contributed by atoms with Crippen LogP contribution in [0.15, 0.2) is 4.99 Å². The van der Waals surface area contributed by atoms with Crippen LogP contribution in [-0.2, 0) is 28.8 Å². The molecule has 16 heteroatoms. The van der Waals surface area contributed by atoms with Crippen LogP contribution in [0.3, 0.4) is 0 Å². The number of guanidine groups is 1. The number of nitrogens with one attached hydrogen (secondary N) is 3. The highest BCUT2D eigenvalue weighted by atomic mass is 16.4. The molecule has 16 nitrogen and oxygen atoms in total. The zero-order valence-corrected chi connectivity index (χ0v) is 17.8. The molecule has 4 amide bonds. The Labute approximate surface area is 188 Å². The predicted octanol–water partition coefficient (Wildman–Crippen LogP) is -4.72. The van der Waals surface area contributed by atoms with Crippen LogP contribution in [0.2, 0.25) is 0 Å². The van der Waals surface area contributed by atoms with Gasteiger partial charge in [-0.15, -0.1) is 0 Å². The van der Waals surface area contributed by atoms with Crippen LogP contribution >= 0.6 is 0 Å². The van der Waals surface area contributed by atoms with Gasteiger partial charge in [-0.05, 0) is 19.3 Å². The van der Waals surface area contributed by atoms with E-state index in [0.29, 0.717) is 6.42 Å². The van der Waals surface area contributed by atoms with Crippen molar-refractivity contribution in [1.82, 2.24) is 16.0 Å². The van der Waals surface area contributed by atoms with Crippen molar-refractivity contribution in [2.75, 3.05) is 13.1 Å². The van der Waals surface area contributed by atoms with Crippen molar-refractivity contribution in [3.63, 3.8) is 0 Å². The summed E-state index contributed by atoms with van der Waals surface area (Å²) in [5, 5.41) is 24.1. The van der Waals surface area contributed by atoms with E-state index in [9.17, 15) is 28.8 Å². The van der Waals surface area contributed by atoms with E-state index in [1.54, 1.807) is 0 Å². The molecule has 0 fully saturated rings. The van der Waals surface area contributed by atoms with Crippen LogP contribution < -0.4 is 38.9 Å². The molecule has 0 aliphatic rings. The predicted molar refractivity (Wildman–Crippen MR) is 113 cm³/mol.